The molecule has 4 rings (SSSR count). The fraction of sp³-hybridized carbons (Fsp3) is 0.105. The Bertz CT molecular complexity index is 1270. The number of carbonyl (C=O) groups is 1. The molecule has 0 fully saturated rings. The molecule has 0 aliphatic heterocycles. The standard InChI is InChI=1S/C19H15N5O4S/c1-28-11-6-7-12(16(25)8-11)15-10-29-19(20-15)21-17(26)9-24-18(27)13-4-2-3-5-14(13)22-23-24/h2-8,10,25H,9H2,1H3,(H,20,21,26). The first-order chi connectivity index (χ1) is 14.0. The Labute approximate surface area is 168 Å². The van der Waals surface area contributed by atoms with Crippen molar-refractivity contribution in [2.45, 2.75) is 6.54 Å². The van der Waals surface area contributed by atoms with E-state index < -0.39 is 11.5 Å². The Morgan fingerprint density at radius 2 is 2.10 bits per heavy atom. The summed E-state index contributed by atoms with van der Waals surface area (Å²) in [5, 5.41) is 22.9. The molecule has 0 saturated heterocycles. The minimum Gasteiger partial charge on any atom is -0.507 e. The van der Waals surface area contributed by atoms with Gasteiger partial charge in [-0.05, 0) is 24.3 Å². The fourth-order valence-electron chi connectivity index (χ4n) is 2.73. The fourth-order valence-corrected chi connectivity index (χ4v) is 3.46. The third-order valence-corrected chi connectivity index (χ3v) is 4.91. The Morgan fingerprint density at radius 1 is 1.28 bits per heavy atom. The van der Waals surface area contributed by atoms with Crippen LogP contribution in [0.1, 0.15) is 0 Å². The van der Waals surface area contributed by atoms with Gasteiger partial charge in [0.2, 0.25) is 5.91 Å². The molecule has 2 N–H and O–H groups in total. The normalized spacial score (nSPS) is 10.8. The molecule has 2 aromatic carbocycles. The smallest absolute Gasteiger partial charge is 0.278 e. The van der Waals surface area contributed by atoms with Crippen molar-refractivity contribution in [2.75, 3.05) is 12.4 Å². The van der Waals surface area contributed by atoms with E-state index in [1.807, 2.05) is 0 Å². The summed E-state index contributed by atoms with van der Waals surface area (Å²) >= 11 is 1.20. The van der Waals surface area contributed by atoms with E-state index in [1.165, 1.54) is 24.5 Å². The lowest BCUT2D eigenvalue weighted by atomic mass is 10.1. The molecule has 10 heteroatoms. The first kappa shape index (κ1) is 18.6. The maximum absolute atomic E-state index is 12.4. The van der Waals surface area contributed by atoms with Crippen LogP contribution in [-0.2, 0) is 11.3 Å². The maximum atomic E-state index is 12.4. The summed E-state index contributed by atoms with van der Waals surface area (Å²) in [7, 11) is 1.51. The van der Waals surface area contributed by atoms with Crippen LogP contribution in [0.4, 0.5) is 5.13 Å². The van der Waals surface area contributed by atoms with Crippen molar-refractivity contribution in [1.29, 1.82) is 0 Å². The second kappa shape index (κ2) is 7.68. The van der Waals surface area contributed by atoms with Crippen molar-refractivity contribution in [3.8, 4) is 22.8 Å². The Hall–Kier alpha value is -3.79. The third-order valence-electron chi connectivity index (χ3n) is 4.15. The van der Waals surface area contributed by atoms with Crippen molar-refractivity contribution >= 4 is 33.3 Å². The summed E-state index contributed by atoms with van der Waals surface area (Å²) in [5.74, 6) is 0.0824. The highest BCUT2D eigenvalue weighted by Crippen LogP contribution is 2.34. The van der Waals surface area contributed by atoms with Gasteiger partial charge in [-0.2, -0.15) is 0 Å². The van der Waals surface area contributed by atoms with Crippen LogP contribution in [0.2, 0.25) is 0 Å². The molecule has 4 aromatic rings. The SMILES string of the molecule is COc1ccc(-c2csc(NC(=O)Cn3nnc4ccccc4c3=O)n2)c(O)c1. The van der Waals surface area contributed by atoms with Crippen LogP contribution in [0.3, 0.4) is 0 Å². The summed E-state index contributed by atoms with van der Waals surface area (Å²) in [6.07, 6.45) is 0. The number of anilines is 1. The molecular weight excluding hydrogens is 394 g/mol. The number of nitrogens with one attached hydrogen (secondary N) is 1. The number of hydrogen-bond donors (Lipinski definition) is 2. The average Bonchev–Trinajstić information content (AvgIpc) is 3.18. The van der Waals surface area contributed by atoms with Crippen molar-refractivity contribution in [3.63, 3.8) is 0 Å². The van der Waals surface area contributed by atoms with Crippen molar-refractivity contribution < 1.29 is 14.6 Å². The molecule has 0 unspecified atom stereocenters. The third kappa shape index (κ3) is 3.78. The molecular formula is C19H15N5O4S. The quantitative estimate of drug-likeness (QED) is 0.519. The predicted octanol–water partition coefficient (Wildman–Crippen LogP) is 2.27. The minimum atomic E-state index is -0.462. The van der Waals surface area contributed by atoms with Crippen LogP contribution < -0.4 is 15.6 Å². The number of amides is 1. The first-order valence-corrected chi connectivity index (χ1v) is 9.38. The number of benzene rings is 2. The van der Waals surface area contributed by atoms with Gasteiger partial charge in [-0.15, -0.1) is 16.4 Å². The van der Waals surface area contributed by atoms with E-state index in [1.54, 1.807) is 41.8 Å². The average molecular weight is 409 g/mol. The molecule has 29 heavy (non-hydrogen) atoms. The van der Waals surface area contributed by atoms with Crippen LogP contribution in [0.15, 0.2) is 52.6 Å². The molecule has 0 aliphatic carbocycles. The van der Waals surface area contributed by atoms with Gasteiger partial charge in [0, 0.05) is 17.0 Å². The highest BCUT2D eigenvalue weighted by molar-refractivity contribution is 7.14. The largest absolute Gasteiger partial charge is 0.507 e. The minimum absolute atomic E-state index is 0.0190. The number of aromatic nitrogens is 4. The van der Waals surface area contributed by atoms with E-state index in [-0.39, 0.29) is 12.3 Å². The van der Waals surface area contributed by atoms with Gasteiger partial charge in [-0.1, -0.05) is 17.3 Å². The molecule has 0 spiro atoms. The Kier molecular flexibility index (Phi) is 4.92. The van der Waals surface area contributed by atoms with Gasteiger partial charge < -0.3 is 15.2 Å². The number of fused-ring (bicyclic) bond motifs is 1. The van der Waals surface area contributed by atoms with Gasteiger partial charge >= 0.3 is 0 Å². The molecule has 0 saturated carbocycles. The number of hydrogen-bond acceptors (Lipinski definition) is 8. The number of phenolic OH excluding ortho intramolecular Hbond substituents is 1. The lowest BCUT2D eigenvalue weighted by Crippen LogP contribution is -2.30. The van der Waals surface area contributed by atoms with E-state index in [9.17, 15) is 14.7 Å². The molecule has 1 amide bonds. The topological polar surface area (TPSA) is 119 Å². The van der Waals surface area contributed by atoms with Gasteiger partial charge in [-0.3, -0.25) is 9.59 Å². The van der Waals surface area contributed by atoms with Gasteiger partial charge in [0.05, 0.1) is 18.2 Å². The number of thiazole rings is 1. The molecule has 2 heterocycles. The van der Waals surface area contributed by atoms with Crippen LogP contribution >= 0.6 is 11.3 Å². The second-order valence-corrected chi connectivity index (χ2v) is 6.90. The Balaban J connectivity index is 1.50. The van der Waals surface area contributed by atoms with Gasteiger partial charge in [0.1, 0.15) is 23.6 Å². The van der Waals surface area contributed by atoms with Gasteiger partial charge in [-0.25, -0.2) is 9.67 Å². The van der Waals surface area contributed by atoms with E-state index in [4.69, 9.17) is 4.74 Å². The maximum Gasteiger partial charge on any atom is 0.278 e. The van der Waals surface area contributed by atoms with Gasteiger partial charge in [0.25, 0.3) is 5.56 Å². The predicted molar refractivity (Wildman–Crippen MR) is 108 cm³/mol. The van der Waals surface area contributed by atoms with E-state index in [2.05, 4.69) is 20.6 Å². The molecule has 9 nitrogen and oxygen atoms in total. The van der Waals surface area contributed by atoms with Crippen molar-refractivity contribution in [1.82, 2.24) is 20.0 Å². The number of methoxy groups -OCH3 is 1. The van der Waals surface area contributed by atoms with Crippen LogP contribution in [0.5, 0.6) is 11.5 Å². The van der Waals surface area contributed by atoms with Crippen LogP contribution in [0, 0.1) is 0 Å². The number of nitrogens with zero attached hydrogens (tertiary/aromatic N) is 4. The zero-order valence-corrected chi connectivity index (χ0v) is 16.0. The second-order valence-electron chi connectivity index (χ2n) is 6.04. The highest BCUT2D eigenvalue weighted by atomic mass is 32.1. The molecule has 0 aliphatic rings. The van der Waals surface area contributed by atoms with Crippen molar-refractivity contribution in [3.05, 3.63) is 58.2 Å². The number of ether oxygens (including phenoxy) is 1. The van der Waals surface area contributed by atoms with Crippen molar-refractivity contribution in [2.24, 2.45) is 0 Å². The molecule has 0 atom stereocenters. The summed E-state index contributed by atoms with van der Waals surface area (Å²) in [4.78, 5) is 29.1. The van der Waals surface area contributed by atoms with E-state index in [0.29, 0.717) is 33.0 Å². The zero-order valence-electron chi connectivity index (χ0n) is 15.2. The molecule has 0 bridgehead atoms. The lowest BCUT2D eigenvalue weighted by molar-refractivity contribution is -0.117. The summed E-state index contributed by atoms with van der Waals surface area (Å²) in [6.45, 7) is -0.292. The first-order valence-electron chi connectivity index (χ1n) is 8.50. The molecule has 146 valence electrons. The number of phenols is 1. The number of rotatable bonds is 5. The van der Waals surface area contributed by atoms with Crippen LogP contribution in [0.25, 0.3) is 22.2 Å². The summed E-state index contributed by atoms with van der Waals surface area (Å²) < 4.78 is 6.06. The van der Waals surface area contributed by atoms with Gasteiger partial charge in [0.15, 0.2) is 5.13 Å². The molecule has 2 aromatic heterocycles. The zero-order chi connectivity index (χ0) is 20.4. The highest BCUT2D eigenvalue weighted by Gasteiger charge is 2.14. The monoisotopic (exact) mass is 409 g/mol. The van der Waals surface area contributed by atoms with E-state index >= 15 is 0 Å². The summed E-state index contributed by atoms with van der Waals surface area (Å²) in [6, 6.07) is 11.7. The summed E-state index contributed by atoms with van der Waals surface area (Å²) in [5.41, 5.74) is 1.10. The molecule has 0 radical (unpaired) electrons. The van der Waals surface area contributed by atoms with Crippen LogP contribution in [-0.4, -0.2) is 38.1 Å². The lowest BCUT2D eigenvalue weighted by Gasteiger charge is -2.05. The number of aromatic hydroxyl groups is 1. The van der Waals surface area contributed by atoms with E-state index in [0.717, 1.165) is 4.68 Å². The number of carbonyl (C=O) groups excluding carboxylic acids is 1. The Morgan fingerprint density at radius 3 is 2.90 bits per heavy atom.